The van der Waals surface area contributed by atoms with Crippen LogP contribution in [0.5, 0.6) is 0 Å². The number of hydrogen-bond acceptors (Lipinski definition) is 14. The number of esters is 4. The molecule has 0 aromatic heterocycles. The van der Waals surface area contributed by atoms with E-state index in [9.17, 15) is 39.0 Å². The Morgan fingerprint density at radius 3 is 1.11 bits per heavy atom. The Morgan fingerprint density at radius 2 is 0.839 bits per heavy atom. The third kappa shape index (κ3) is 11.9. The van der Waals surface area contributed by atoms with Crippen LogP contribution in [0.4, 0.5) is 9.59 Å². The van der Waals surface area contributed by atoms with E-state index in [0.717, 1.165) is 0 Å². The van der Waals surface area contributed by atoms with Crippen molar-refractivity contribution in [1.82, 2.24) is 9.80 Å². The maximum Gasteiger partial charge on any atom is 0.410 e. The van der Waals surface area contributed by atoms with Crippen molar-refractivity contribution in [3.05, 3.63) is 69.8 Å². The van der Waals surface area contributed by atoms with Crippen molar-refractivity contribution >= 4 is 36.1 Å². The number of methoxy groups -OCH3 is 4. The highest BCUT2D eigenvalue weighted by Gasteiger charge is 2.36. The molecule has 0 unspecified atom stereocenters. The van der Waals surface area contributed by atoms with Crippen molar-refractivity contribution in [3.63, 3.8) is 0 Å². The fraction of sp³-hybridized carbons (Fsp3) is 0.550. The Balaban J connectivity index is 0.000000300. The van der Waals surface area contributed by atoms with Gasteiger partial charge in [-0.2, -0.15) is 0 Å². The van der Waals surface area contributed by atoms with Gasteiger partial charge in [-0.15, -0.1) is 0 Å². The third-order valence-electron chi connectivity index (χ3n) is 9.03. The standard InChI is InChI=1S/2C20H27NO7/c2*1-20(2,3)28-19(25)21-9-8-13(16(22)11-21)12-6-7-14(17(23)26-4)15(10-12)18(24)27-5/h2*6-7,10,13,16,22H,8-9,11H2,1-5H3/t2*13-,16+/m10/s1. The number of aliphatic hydroxyl groups excluding tert-OH is 2. The average molecular weight is 787 g/mol. The fourth-order valence-corrected chi connectivity index (χ4v) is 6.34. The number of piperidine rings is 2. The smallest absolute Gasteiger partial charge is 0.410 e. The highest BCUT2D eigenvalue weighted by molar-refractivity contribution is 6.04. The van der Waals surface area contributed by atoms with Crippen LogP contribution in [0.1, 0.15) is 119 Å². The molecule has 0 spiro atoms. The first-order valence-electron chi connectivity index (χ1n) is 18.1. The van der Waals surface area contributed by atoms with Crippen LogP contribution >= 0.6 is 0 Å². The summed E-state index contributed by atoms with van der Waals surface area (Å²) in [6, 6.07) is 9.40. The van der Waals surface area contributed by atoms with Crippen molar-refractivity contribution in [2.75, 3.05) is 54.6 Å². The van der Waals surface area contributed by atoms with E-state index in [4.69, 9.17) is 28.4 Å². The summed E-state index contributed by atoms with van der Waals surface area (Å²) in [5.74, 6) is -3.21. The summed E-state index contributed by atoms with van der Waals surface area (Å²) in [5, 5.41) is 21.2. The summed E-state index contributed by atoms with van der Waals surface area (Å²) in [5.41, 5.74) is 0.490. The van der Waals surface area contributed by atoms with E-state index in [1.54, 1.807) is 53.7 Å². The van der Waals surface area contributed by atoms with E-state index in [1.807, 2.05) is 0 Å². The second-order valence-corrected chi connectivity index (χ2v) is 15.4. The van der Waals surface area contributed by atoms with Gasteiger partial charge < -0.3 is 48.4 Å². The summed E-state index contributed by atoms with van der Waals surface area (Å²) in [7, 11) is 4.91. The highest BCUT2D eigenvalue weighted by Crippen LogP contribution is 2.33. The zero-order valence-electron chi connectivity index (χ0n) is 33.7. The fourth-order valence-electron chi connectivity index (χ4n) is 6.34. The molecule has 2 aliphatic rings. The van der Waals surface area contributed by atoms with Crippen LogP contribution in [0.3, 0.4) is 0 Å². The molecule has 4 rings (SSSR count). The molecule has 2 aliphatic heterocycles. The van der Waals surface area contributed by atoms with E-state index < -0.39 is 59.5 Å². The van der Waals surface area contributed by atoms with Gasteiger partial charge in [-0.3, -0.25) is 0 Å². The Morgan fingerprint density at radius 1 is 0.536 bits per heavy atom. The van der Waals surface area contributed by atoms with Gasteiger partial charge in [-0.05, 0) is 89.8 Å². The quantitative estimate of drug-likeness (QED) is 0.301. The lowest BCUT2D eigenvalue weighted by atomic mass is 9.85. The van der Waals surface area contributed by atoms with Gasteiger partial charge >= 0.3 is 36.1 Å². The van der Waals surface area contributed by atoms with Crippen molar-refractivity contribution in [2.45, 2.75) is 89.6 Å². The topological polar surface area (TPSA) is 205 Å². The number of amides is 2. The Kier molecular flexibility index (Phi) is 15.4. The lowest BCUT2D eigenvalue weighted by Crippen LogP contribution is -2.47. The molecule has 0 bridgehead atoms. The summed E-state index contributed by atoms with van der Waals surface area (Å²) in [6.07, 6.45) is -1.65. The van der Waals surface area contributed by atoms with Gasteiger partial charge in [0.25, 0.3) is 0 Å². The molecule has 2 fully saturated rings. The Labute approximate surface area is 326 Å². The molecule has 0 aliphatic carbocycles. The summed E-state index contributed by atoms with van der Waals surface area (Å²) in [4.78, 5) is 75.3. The molecule has 2 heterocycles. The average Bonchev–Trinajstić information content (AvgIpc) is 3.14. The number of carbonyl (C=O) groups excluding carboxylic acids is 6. The number of hydrogen-bond donors (Lipinski definition) is 2. The van der Waals surface area contributed by atoms with Crippen LogP contribution in [-0.4, -0.2) is 134 Å². The number of β-amino-alcohol motifs (C(OH)–C–C–N with tert-alkyl or cyclic N) is 2. The highest BCUT2D eigenvalue weighted by atomic mass is 16.6. The summed E-state index contributed by atoms with van der Waals surface area (Å²) in [6.45, 7) is 11.7. The SMILES string of the molecule is COC(=O)c1ccc([C@@H]2CCN(C(=O)OC(C)(C)C)C[C@H]2O)cc1C(=O)OC.COC(=O)c1ccc([C@H]2CCN(C(=O)OC(C)(C)C)C[C@@H]2O)cc1C(=O)OC. The molecule has 2 amide bonds. The van der Waals surface area contributed by atoms with Gasteiger partial charge in [0.1, 0.15) is 11.2 Å². The lowest BCUT2D eigenvalue weighted by Gasteiger charge is -2.37. The minimum Gasteiger partial charge on any atom is -0.465 e. The number of rotatable bonds is 6. The Bertz CT molecular complexity index is 1630. The van der Waals surface area contributed by atoms with E-state index in [2.05, 4.69) is 0 Å². The minimum atomic E-state index is -0.837. The minimum absolute atomic E-state index is 0.0774. The van der Waals surface area contributed by atoms with E-state index in [-0.39, 0.29) is 47.2 Å². The number of likely N-dealkylation sites (tertiary alicyclic amines) is 2. The maximum absolute atomic E-state index is 12.2. The number of aliphatic hydroxyl groups is 2. The van der Waals surface area contributed by atoms with E-state index in [1.165, 1.54) is 62.5 Å². The second kappa shape index (κ2) is 19.1. The van der Waals surface area contributed by atoms with Gasteiger partial charge in [0.15, 0.2) is 0 Å². The summed E-state index contributed by atoms with van der Waals surface area (Å²) < 4.78 is 29.6. The van der Waals surface area contributed by atoms with Crippen LogP contribution in [0, 0.1) is 0 Å². The first kappa shape index (κ1) is 45.2. The largest absolute Gasteiger partial charge is 0.465 e. The predicted molar refractivity (Wildman–Crippen MR) is 201 cm³/mol. The molecule has 2 aromatic carbocycles. The monoisotopic (exact) mass is 786 g/mol. The molecular weight excluding hydrogens is 732 g/mol. The summed E-state index contributed by atoms with van der Waals surface area (Å²) >= 11 is 0. The number of benzene rings is 2. The van der Waals surface area contributed by atoms with Crippen molar-refractivity contribution in [3.8, 4) is 0 Å². The molecule has 0 saturated carbocycles. The van der Waals surface area contributed by atoms with Crippen LogP contribution in [0.25, 0.3) is 0 Å². The lowest BCUT2D eigenvalue weighted by molar-refractivity contribution is -0.00195. The first-order valence-corrected chi connectivity index (χ1v) is 18.1. The molecule has 308 valence electrons. The van der Waals surface area contributed by atoms with E-state index in [0.29, 0.717) is 37.1 Å². The van der Waals surface area contributed by atoms with Gasteiger partial charge in [0.05, 0.1) is 76.0 Å². The van der Waals surface area contributed by atoms with Crippen molar-refractivity contribution in [1.29, 1.82) is 0 Å². The van der Waals surface area contributed by atoms with Crippen LogP contribution in [0.15, 0.2) is 36.4 Å². The molecule has 2 N–H and O–H groups in total. The molecule has 56 heavy (non-hydrogen) atoms. The van der Waals surface area contributed by atoms with Crippen LogP contribution in [-0.2, 0) is 28.4 Å². The molecular formula is C40H54N2O14. The van der Waals surface area contributed by atoms with Crippen molar-refractivity contribution < 1.29 is 67.4 Å². The van der Waals surface area contributed by atoms with E-state index >= 15 is 0 Å². The molecule has 2 aromatic rings. The van der Waals surface area contributed by atoms with Gasteiger partial charge in [0.2, 0.25) is 0 Å². The first-order chi connectivity index (χ1) is 26.1. The van der Waals surface area contributed by atoms with Crippen molar-refractivity contribution in [2.24, 2.45) is 0 Å². The van der Waals surface area contributed by atoms with Gasteiger partial charge in [-0.25, -0.2) is 28.8 Å². The number of nitrogens with zero attached hydrogens (tertiary/aromatic N) is 2. The zero-order chi connectivity index (χ0) is 42.1. The maximum atomic E-state index is 12.2. The number of carbonyl (C=O) groups is 6. The van der Waals surface area contributed by atoms with Crippen LogP contribution in [0.2, 0.25) is 0 Å². The zero-order valence-corrected chi connectivity index (χ0v) is 33.7. The third-order valence-corrected chi connectivity index (χ3v) is 9.03. The molecule has 16 nitrogen and oxygen atoms in total. The number of ether oxygens (including phenoxy) is 6. The molecule has 2 saturated heterocycles. The Hall–Kier alpha value is -5.22. The normalized spacial score (nSPS) is 19.7. The van der Waals surface area contributed by atoms with Crippen LogP contribution < -0.4 is 0 Å². The molecule has 4 atom stereocenters. The second-order valence-electron chi connectivity index (χ2n) is 15.4. The predicted octanol–water partition coefficient (Wildman–Crippen LogP) is 4.69. The van der Waals surface area contributed by atoms with Gasteiger partial charge in [0, 0.05) is 24.9 Å². The molecule has 16 heteroatoms. The van der Waals surface area contributed by atoms with Gasteiger partial charge in [-0.1, -0.05) is 12.1 Å². The molecule has 0 radical (unpaired) electrons.